The third-order valence-corrected chi connectivity index (χ3v) is 6.90. The summed E-state index contributed by atoms with van der Waals surface area (Å²) >= 11 is 0. The fraction of sp³-hybridized carbons (Fsp3) is 0.276. The maximum atomic E-state index is 15.0. The second-order valence-electron chi connectivity index (χ2n) is 9.24. The second kappa shape index (κ2) is 10.6. The predicted octanol–water partition coefficient (Wildman–Crippen LogP) is 5.55. The van der Waals surface area contributed by atoms with Crippen molar-refractivity contribution in [2.75, 3.05) is 27.3 Å². The number of nitrogens with zero attached hydrogens (tertiary/aromatic N) is 2. The van der Waals surface area contributed by atoms with Crippen LogP contribution < -0.4 is 14.8 Å². The van der Waals surface area contributed by atoms with Crippen molar-refractivity contribution in [3.05, 3.63) is 83.4 Å². The van der Waals surface area contributed by atoms with E-state index >= 15 is 0 Å². The fourth-order valence-corrected chi connectivity index (χ4v) is 4.82. The Bertz CT molecular complexity index is 1420. The van der Waals surface area contributed by atoms with Gasteiger partial charge in [0.15, 0.2) is 23.1 Å². The van der Waals surface area contributed by atoms with Crippen molar-refractivity contribution in [1.29, 1.82) is 5.41 Å². The highest BCUT2D eigenvalue weighted by molar-refractivity contribution is 6.09. The van der Waals surface area contributed by atoms with Crippen LogP contribution in [0.15, 0.2) is 54.9 Å². The van der Waals surface area contributed by atoms with E-state index in [9.17, 15) is 8.78 Å². The minimum absolute atomic E-state index is 0.107. The number of hydrogen-bond acceptors (Lipinski definition) is 6. The van der Waals surface area contributed by atoms with Crippen LogP contribution in [0.3, 0.4) is 0 Å². The largest absolute Gasteiger partial charge is 0.494 e. The van der Waals surface area contributed by atoms with E-state index in [1.165, 1.54) is 38.7 Å². The first-order valence-corrected chi connectivity index (χ1v) is 12.2. The summed E-state index contributed by atoms with van der Waals surface area (Å²) in [6.45, 7) is 2.13. The van der Waals surface area contributed by atoms with Crippen molar-refractivity contribution in [3.63, 3.8) is 0 Å². The van der Waals surface area contributed by atoms with E-state index in [4.69, 9.17) is 14.9 Å². The van der Waals surface area contributed by atoms with Gasteiger partial charge in [0, 0.05) is 23.8 Å². The first-order chi connectivity index (χ1) is 18.0. The maximum Gasteiger partial charge on any atom is 0.176 e. The van der Waals surface area contributed by atoms with E-state index < -0.39 is 11.6 Å². The minimum Gasteiger partial charge on any atom is -0.494 e. The third kappa shape index (κ3) is 5.02. The van der Waals surface area contributed by atoms with Crippen LogP contribution in [0.2, 0.25) is 0 Å². The highest BCUT2D eigenvalue weighted by Crippen LogP contribution is 2.38. The number of pyridine rings is 2. The highest BCUT2D eigenvalue weighted by atomic mass is 19.1. The lowest BCUT2D eigenvalue weighted by molar-refractivity contribution is 0.360. The van der Waals surface area contributed by atoms with Crippen LogP contribution in [0, 0.1) is 23.0 Å². The zero-order valence-corrected chi connectivity index (χ0v) is 20.8. The normalized spacial score (nSPS) is 14.1. The van der Waals surface area contributed by atoms with Crippen LogP contribution in [0.5, 0.6) is 11.5 Å². The van der Waals surface area contributed by atoms with E-state index in [1.807, 2.05) is 18.3 Å². The summed E-state index contributed by atoms with van der Waals surface area (Å²) in [5.74, 6) is -1.16. The lowest BCUT2D eigenvalue weighted by Crippen LogP contribution is -2.28. The van der Waals surface area contributed by atoms with Gasteiger partial charge in [0.25, 0.3) is 0 Å². The molecule has 190 valence electrons. The standard InChI is InChI=1S/C29H28F2N4O2/c1-36-24-14-25(37-2)28(31)26(27(24)30)20-5-4-19-13-23(35-16-21(19)12-20)29(32)22-6-3-18(15-34-22)11-17-7-9-33-10-8-17/h3-6,12-17,32-33H,7-11H2,1-2H3. The fourth-order valence-electron chi connectivity index (χ4n) is 4.82. The van der Waals surface area contributed by atoms with Gasteiger partial charge in [-0.2, -0.15) is 0 Å². The van der Waals surface area contributed by atoms with Gasteiger partial charge in [0.2, 0.25) is 0 Å². The molecule has 0 aliphatic carbocycles. The van der Waals surface area contributed by atoms with E-state index in [-0.39, 0.29) is 22.8 Å². The molecular formula is C29H28F2N4O2. The average molecular weight is 503 g/mol. The van der Waals surface area contributed by atoms with E-state index in [0.29, 0.717) is 28.3 Å². The summed E-state index contributed by atoms with van der Waals surface area (Å²) in [6, 6.07) is 11.9. The first kappa shape index (κ1) is 24.8. The highest BCUT2D eigenvalue weighted by Gasteiger charge is 2.22. The van der Waals surface area contributed by atoms with Gasteiger partial charge < -0.3 is 14.8 Å². The van der Waals surface area contributed by atoms with E-state index in [2.05, 4.69) is 15.3 Å². The molecule has 2 N–H and O–H groups in total. The van der Waals surface area contributed by atoms with Crippen molar-refractivity contribution in [1.82, 2.24) is 15.3 Å². The molecule has 0 spiro atoms. The first-order valence-electron chi connectivity index (χ1n) is 12.2. The number of ether oxygens (including phenoxy) is 2. The van der Waals surface area contributed by atoms with Crippen molar-refractivity contribution >= 4 is 16.5 Å². The molecule has 8 heteroatoms. The number of methoxy groups -OCH3 is 2. The zero-order chi connectivity index (χ0) is 25.9. The van der Waals surface area contributed by atoms with E-state index in [1.54, 1.807) is 30.5 Å². The lowest BCUT2D eigenvalue weighted by atomic mass is 9.91. The summed E-state index contributed by atoms with van der Waals surface area (Å²) in [5.41, 5.74) is 2.51. The molecule has 5 rings (SSSR count). The molecule has 1 aliphatic heterocycles. The van der Waals surface area contributed by atoms with Gasteiger partial charge >= 0.3 is 0 Å². The Morgan fingerprint density at radius 3 is 2.24 bits per heavy atom. The Hall–Kier alpha value is -3.91. The molecule has 37 heavy (non-hydrogen) atoms. The van der Waals surface area contributed by atoms with Gasteiger partial charge in [-0.25, -0.2) is 8.78 Å². The molecule has 2 aromatic carbocycles. The van der Waals surface area contributed by atoms with Crippen LogP contribution in [0.25, 0.3) is 21.9 Å². The van der Waals surface area contributed by atoms with Gasteiger partial charge in [-0.05, 0) is 73.0 Å². The lowest BCUT2D eigenvalue weighted by Gasteiger charge is -2.22. The second-order valence-corrected chi connectivity index (χ2v) is 9.24. The van der Waals surface area contributed by atoms with E-state index in [0.717, 1.165) is 24.9 Å². The van der Waals surface area contributed by atoms with Crippen LogP contribution in [-0.4, -0.2) is 43.0 Å². The van der Waals surface area contributed by atoms with Gasteiger partial charge in [0.1, 0.15) is 5.71 Å². The Labute approximate surface area is 214 Å². The van der Waals surface area contributed by atoms with Crippen LogP contribution in [-0.2, 0) is 6.42 Å². The van der Waals surface area contributed by atoms with Crippen molar-refractivity contribution in [2.45, 2.75) is 19.3 Å². The number of benzene rings is 2. The molecule has 1 fully saturated rings. The molecule has 1 saturated heterocycles. The molecule has 0 amide bonds. The van der Waals surface area contributed by atoms with Gasteiger partial charge in [-0.3, -0.25) is 15.4 Å². The Kier molecular flexibility index (Phi) is 7.10. The van der Waals surface area contributed by atoms with Crippen molar-refractivity contribution < 1.29 is 18.3 Å². The third-order valence-electron chi connectivity index (χ3n) is 6.90. The molecule has 3 heterocycles. The van der Waals surface area contributed by atoms with Crippen molar-refractivity contribution in [3.8, 4) is 22.6 Å². The monoisotopic (exact) mass is 502 g/mol. The Balaban J connectivity index is 1.40. The molecular weight excluding hydrogens is 474 g/mol. The average Bonchev–Trinajstić information content (AvgIpc) is 2.93. The zero-order valence-electron chi connectivity index (χ0n) is 20.8. The van der Waals surface area contributed by atoms with Gasteiger partial charge in [-0.15, -0.1) is 0 Å². The molecule has 2 aromatic heterocycles. The summed E-state index contributed by atoms with van der Waals surface area (Å²) in [4.78, 5) is 8.96. The number of rotatable bonds is 7. The number of aromatic nitrogens is 2. The summed E-state index contributed by atoms with van der Waals surface area (Å²) in [6.07, 6.45) is 6.79. The Morgan fingerprint density at radius 1 is 0.892 bits per heavy atom. The minimum atomic E-state index is -0.804. The SMILES string of the molecule is COc1cc(OC)c(F)c(-c2ccc3cc(C(=N)c4ccc(CC5CCNCC5)cn4)ncc3c2)c1F. The molecule has 0 unspecified atom stereocenters. The predicted molar refractivity (Wildman–Crippen MR) is 140 cm³/mol. The van der Waals surface area contributed by atoms with Crippen molar-refractivity contribution in [2.24, 2.45) is 5.92 Å². The molecule has 6 nitrogen and oxygen atoms in total. The number of piperidine rings is 1. The quantitative estimate of drug-likeness (QED) is 0.324. The topological polar surface area (TPSA) is 80.1 Å². The maximum absolute atomic E-state index is 15.0. The number of fused-ring (bicyclic) bond motifs is 1. The van der Waals surface area contributed by atoms with Crippen LogP contribution >= 0.6 is 0 Å². The molecule has 1 aliphatic rings. The molecule has 0 atom stereocenters. The summed E-state index contributed by atoms with van der Waals surface area (Å²) in [7, 11) is 2.63. The van der Waals surface area contributed by atoms with Crippen LogP contribution in [0.4, 0.5) is 8.78 Å². The number of halogens is 2. The molecule has 4 aromatic rings. The van der Waals surface area contributed by atoms with Gasteiger partial charge in [0.05, 0.1) is 31.2 Å². The molecule has 0 radical (unpaired) electrons. The summed E-state index contributed by atoms with van der Waals surface area (Å²) in [5, 5.41) is 13.5. The van der Waals surface area contributed by atoms with Gasteiger partial charge in [-0.1, -0.05) is 18.2 Å². The Morgan fingerprint density at radius 2 is 1.59 bits per heavy atom. The molecule has 0 saturated carbocycles. The number of hydrogen-bond donors (Lipinski definition) is 2. The van der Waals surface area contributed by atoms with Crippen LogP contribution in [0.1, 0.15) is 29.8 Å². The molecule has 0 bridgehead atoms. The number of nitrogens with one attached hydrogen (secondary N) is 2. The smallest absolute Gasteiger partial charge is 0.176 e. The summed E-state index contributed by atoms with van der Waals surface area (Å²) < 4.78 is 40.1.